The monoisotopic (exact) mass is 450 g/mol. The molecule has 0 saturated heterocycles. The third-order valence-corrected chi connectivity index (χ3v) is 6.49. The number of anilines is 1. The van der Waals surface area contributed by atoms with Gasteiger partial charge < -0.3 is 10.6 Å². The normalized spacial score (nSPS) is 14.0. The molecule has 0 spiro atoms. The van der Waals surface area contributed by atoms with Crippen LogP contribution in [0.4, 0.5) is 5.69 Å². The van der Waals surface area contributed by atoms with Gasteiger partial charge in [-0.2, -0.15) is 5.10 Å². The first-order valence-corrected chi connectivity index (χ1v) is 11.1. The number of carbonyl (C=O) groups excluding carboxylic acids is 2. The van der Waals surface area contributed by atoms with Crippen LogP contribution in [0.2, 0.25) is 5.02 Å². The maximum atomic E-state index is 12.9. The number of nitrogens with zero attached hydrogens (tertiary/aromatic N) is 2. The Morgan fingerprint density at radius 1 is 1.19 bits per heavy atom. The Hall–Kier alpha value is -3.12. The lowest BCUT2D eigenvalue weighted by Crippen LogP contribution is -2.28. The zero-order valence-electron chi connectivity index (χ0n) is 18.8. The summed E-state index contributed by atoms with van der Waals surface area (Å²) in [7, 11) is 0. The van der Waals surface area contributed by atoms with Gasteiger partial charge in [-0.05, 0) is 69.0 Å². The fraction of sp³-hybridized carbons (Fsp3) is 0.320. The minimum atomic E-state index is -0.142. The Labute approximate surface area is 193 Å². The molecule has 0 saturated carbocycles. The van der Waals surface area contributed by atoms with Gasteiger partial charge in [-0.25, -0.2) is 4.68 Å². The maximum absolute atomic E-state index is 12.9. The van der Waals surface area contributed by atoms with Gasteiger partial charge in [-0.3, -0.25) is 9.59 Å². The molecule has 2 aromatic carbocycles. The molecule has 0 radical (unpaired) electrons. The second-order valence-electron chi connectivity index (χ2n) is 8.43. The van der Waals surface area contributed by atoms with E-state index in [1.165, 1.54) is 0 Å². The van der Waals surface area contributed by atoms with Crippen LogP contribution in [-0.4, -0.2) is 21.6 Å². The van der Waals surface area contributed by atoms with Crippen molar-refractivity contribution in [3.63, 3.8) is 0 Å². The van der Waals surface area contributed by atoms with E-state index < -0.39 is 0 Å². The predicted molar refractivity (Wildman–Crippen MR) is 126 cm³/mol. The second kappa shape index (κ2) is 8.79. The van der Waals surface area contributed by atoms with E-state index in [4.69, 9.17) is 11.6 Å². The molecule has 1 aliphatic rings. The molecule has 1 atom stereocenters. The molecule has 2 amide bonds. The molecule has 3 aromatic rings. The highest BCUT2D eigenvalue weighted by Gasteiger charge is 2.20. The van der Waals surface area contributed by atoms with Crippen molar-refractivity contribution in [3.05, 3.63) is 75.1 Å². The van der Waals surface area contributed by atoms with Crippen LogP contribution in [0.15, 0.2) is 36.4 Å². The van der Waals surface area contributed by atoms with Crippen LogP contribution in [0, 0.1) is 20.8 Å². The summed E-state index contributed by atoms with van der Waals surface area (Å²) in [6, 6.07) is 11.6. The van der Waals surface area contributed by atoms with E-state index in [9.17, 15) is 9.59 Å². The number of nitrogens with one attached hydrogen (secondary N) is 2. The predicted octanol–water partition coefficient (Wildman–Crippen LogP) is 4.76. The third-order valence-electron chi connectivity index (χ3n) is 6.08. The lowest BCUT2D eigenvalue weighted by Gasteiger charge is -2.20. The van der Waals surface area contributed by atoms with E-state index >= 15 is 0 Å². The van der Waals surface area contributed by atoms with Crippen LogP contribution in [0.25, 0.3) is 5.69 Å². The number of benzene rings is 2. The molecule has 4 rings (SSSR count). The molecule has 2 heterocycles. The van der Waals surface area contributed by atoms with E-state index in [0.29, 0.717) is 11.4 Å². The number of amides is 2. The summed E-state index contributed by atoms with van der Waals surface area (Å²) in [5.41, 5.74) is 7.54. The highest BCUT2D eigenvalue weighted by molar-refractivity contribution is 6.31. The third kappa shape index (κ3) is 4.41. The van der Waals surface area contributed by atoms with E-state index in [2.05, 4.69) is 21.8 Å². The summed E-state index contributed by atoms with van der Waals surface area (Å²) < 4.78 is 1.84. The maximum Gasteiger partial charge on any atom is 0.225 e. The minimum Gasteiger partial charge on any atom is -0.349 e. The molecular weight excluding hydrogens is 424 g/mol. The van der Waals surface area contributed by atoms with Gasteiger partial charge in [0.25, 0.3) is 0 Å². The van der Waals surface area contributed by atoms with Gasteiger partial charge >= 0.3 is 0 Å². The van der Waals surface area contributed by atoms with Crippen molar-refractivity contribution in [2.45, 2.75) is 53.0 Å². The van der Waals surface area contributed by atoms with Crippen molar-refractivity contribution in [1.29, 1.82) is 0 Å². The Bertz CT molecular complexity index is 1210. The summed E-state index contributed by atoms with van der Waals surface area (Å²) in [4.78, 5) is 24.4. The molecule has 1 unspecified atom stereocenters. The smallest absolute Gasteiger partial charge is 0.225 e. The number of aromatic nitrogens is 2. The summed E-state index contributed by atoms with van der Waals surface area (Å²) in [5, 5.41) is 11.3. The number of rotatable bonds is 5. The zero-order valence-corrected chi connectivity index (χ0v) is 19.5. The van der Waals surface area contributed by atoms with E-state index in [-0.39, 0.29) is 24.3 Å². The SMILES string of the molecule is Cc1ccc(-n2nc(C)c(CC(=O)NC(C)c3ccc4c(c3)CCC(=O)N4)c2C)cc1Cl. The van der Waals surface area contributed by atoms with Crippen molar-refractivity contribution in [1.82, 2.24) is 15.1 Å². The fourth-order valence-electron chi connectivity index (χ4n) is 4.10. The van der Waals surface area contributed by atoms with Gasteiger partial charge in [-0.15, -0.1) is 0 Å². The standard InChI is InChI=1S/C25H27ClN4O2/c1-14-5-8-20(12-22(14)26)30-17(4)21(16(3)29-30)13-25(32)27-15(2)18-6-9-23-19(11-18)7-10-24(31)28-23/h5-6,8-9,11-12,15H,7,10,13H2,1-4H3,(H,27,32)(H,28,31). The van der Waals surface area contributed by atoms with Gasteiger partial charge in [0.2, 0.25) is 11.8 Å². The summed E-state index contributed by atoms with van der Waals surface area (Å²) in [5.74, 6) is -0.0120. The van der Waals surface area contributed by atoms with Gasteiger partial charge in [-0.1, -0.05) is 29.8 Å². The zero-order chi connectivity index (χ0) is 23.0. The number of halogens is 1. The van der Waals surface area contributed by atoms with Crippen LogP contribution in [0.3, 0.4) is 0 Å². The van der Waals surface area contributed by atoms with Crippen LogP contribution in [0.1, 0.15) is 53.0 Å². The van der Waals surface area contributed by atoms with E-state index in [0.717, 1.165) is 51.4 Å². The average Bonchev–Trinajstić information content (AvgIpc) is 3.03. The quantitative estimate of drug-likeness (QED) is 0.588. The summed E-state index contributed by atoms with van der Waals surface area (Å²) in [6.07, 6.45) is 1.46. The topological polar surface area (TPSA) is 76.0 Å². The molecule has 1 aliphatic heterocycles. The average molecular weight is 451 g/mol. The Kier molecular flexibility index (Phi) is 6.07. The highest BCUT2D eigenvalue weighted by Crippen LogP contribution is 2.27. The van der Waals surface area contributed by atoms with E-state index in [1.54, 1.807) is 0 Å². The van der Waals surface area contributed by atoms with Gasteiger partial charge in [0.05, 0.1) is 23.8 Å². The Morgan fingerprint density at radius 2 is 1.97 bits per heavy atom. The van der Waals surface area contributed by atoms with Crippen molar-refractivity contribution in [2.24, 2.45) is 0 Å². The molecule has 2 N–H and O–H groups in total. The molecule has 1 aromatic heterocycles. The van der Waals surface area contributed by atoms with E-state index in [1.807, 2.05) is 62.7 Å². The lowest BCUT2D eigenvalue weighted by atomic mass is 9.97. The second-order valence-corrected chi connectivity index (χ2v) is 8.83. The van der Waals surface area contributed by atoms with Crippen LogP contribution in [-0.2, 0) is 22.4 Å². The largest absolute Gasteiger partial charge is 0.349 e. The molecule has 0 bridgehead atoms. The first kappa shape index (κ1) is 22.1. The number of hydrogen-bond acceptors (Lipinski definition) is 3. The van der Waals surface area contributed by atoms with Crippen LogP contribution < -0.4 is 10.6 Å². The lowest BCUT2D eigenvalue weighted by molar-refractivity contribution is -0.121. The van der Waals surface area contributed by atoms with Crippen molar-refractivity contribution < 1.29 is 9.59 Å². The summed E-state index contributed by atoms with van der Waals surface area (Å²) in [6.45, 7) is 7.82. The van der Waals surface area contributed by atoms with Crippen LogP contribution in [0.5, 0.6) is 0 Å². The number of carbonyl (C=O) groups is 2. The molecule has 0 fully saturated rings. The Morgan fingerprint density at radius 3 is 2.72 bits per heavy atom. The number of fused-ring (bicyclic) bond motifs is 1. The number of aryl methyl sites for hydroxylation is 3. The molecule has 0 aliphatic carbocycles. The number of hydrogen-bond donors (Lipinski definition) is 2. The molecular formula is C25H27ClN4O2. The summed E-state index contributed by atoms with van der Waals surface area (Å²) >= 11 is 6.29. The fourth-order valence-corrected chi connectivity index (χ4v) is 4.28. The van der Waals surface area contributed by atoms with Gasteiger partial charge in [0.15, 0.2) is 0 Å². The highest BCUT2D eigenvalue weighted by atomic mass is 35.5. The first-order valence-electron chi connectivity index (χ1n) is 10.8. The van der Waals surface area contributed by atoms with Crippen molar-refractivity contribution in [2.75, 3.05) is 5.32 Å². The van der Waals surface area contributed by atoms with Gasteiger partial charge in [0, 0.05) is 28.4 Å². The first-order chi connectivity index (χ1) is 15.2. The molecule has 7 heteroatoms. The molecule has 6 nitrogen and oxygen atoms in total. The minimum absolute atomic E-state index is 0.0470. The Balaban J connectivity index is 1.48. The molecule has 32 heavy (non-hydrogen) atoms. The van der Waals surface area contributed by atoms with Crippen molar-refractivity contribution in [3.8, 4) is 5.69 Å². The van der Waals surface area contributed by atoms with Crippen LogP contribution >= 0.6 is 11.6 Å². The van der Waals surface area contributed by atoms with Gasteiger partial charge in [0.1, 0.15) is 0 Å². The van der Waals surface area contributed by atoms with Crippen molar-refractivity contribution >= 4 is 29.1 Å². The molecule has 166 valence electrons.